The van der Waals surface area contributed by atoms with E-state index in [1.165, 1.54) is 0 Å². The van der Waals surface area contributed by atoms with E-state index in [9.17, 15) is 0 Å². The molecule has 0 fully saturated rings. The van der Waals surface area contributed by atoms with Gasteiger partial charge in [0.2, 0.25) is 0 Å². The number of anilines is 1. The maximum absolute atomic E-state index is 9.13. The number of hydrogen-bond donors (Lipinski definition) is 1. The van der Waals surface area contributed by atoms with Crippen LogP contribution in [0.3, 0.4) is 0 Å². The summed E-state index contributed by atoms with van der Waals surface area (Å²) in [5, 5.41) is 21.5. The molecule has 0 atom stereocenters. The number of hydrogen-bond acceptors (Lipinski definition) is 4. The van der Waals surface area contributed by atoms with Gasteiger partial charge in [-0.25, -0.2) is 0 Å². The Morgan fingerprint density at radius 3 is 2.24 bits per heavy atom. The zero-order valence-electron chi connectivity index (χ0n) is 11.8. The molecule has 4 heteroatoms. The smallest absolute Gasteiger partial charge is 0.101 e. The highest BCUT2D eigenvalue weighted by molar-refractivity contribution is 5.66. The fourth-order valence-electron chi connectivity index (χ4n) is 2.12. The molecule has 0 saturated carbocycles. The average Bonchev–Trinajstić information content (AvgIpc) is 2.53. The van der Waals surface area contributed by atoms with E-state index in [1.54, 1.807) is 25.3 Å². The summed E-state index contributed by atoms with van der Waals surface area (Å²) in [6.07, 6.45) is 0. The lowest BCUT2D eigenvalue weighted by atomic mass is 10.1. The number of methoxy groups -OCH3 is 1. The van der Waals surface area contributed by atoms with E-state index in [0.717, 1.165) is 11.1 Å². The molecular formula is C17H15N3O. The fraction of sp³-hybridized carbons (Fsp3) is 0.176. The minimum absolute atomic E-state index is 0.474. The Morgan fingerprint density at radius 2 is 1.62 bits per heavy atom. The van der Waals surface area contributed by atoms with E-state index in [1.807, 2.05) is 24.3 Å². The number of nitrogens with zero attached hydrogens (tertiary/aromatic N) is 2. The van der Waals surface area contributed by atoms with Crippen LogP contribution in [0.4, 0.5) is 5.69 Å². The average molecular weight is 277 g/mol. The molecule has 1 N–H and O–H groups in total. The predicted octanol–water partition coefficient (Wildman–Crippen LogP) is 3.19. The highest BCUT2D eigenvalue weighted by Gasteiger charge is 2.07. The van der Waals surface area contributed by atoms with Crippen LogP contribution in [0.1, 0.15) is 22.3 Å². The minimum atomic E-state index is 0.474. The molecule has 104 valence electrons. The highest BCUT2D eigenvalue weighted by atomic mass is 16.5. The molecule has 0 aliphatic carbocycles. The third kappa shape index (κ3) is 3.60. The van der Waals surface area contributed by atoms with Gasteiger partial charge in [0.1, 0.15) is 12.1 Å². The third-order valence-electron chi connectivity index (χ3n) is 3.08. The summed E-state index contributed by atoms with van der Waals surface area (Å²) in [7, 11) is 1.66. The number of ether oxygens (including phenoxy) is 1. The molecule has 0 bridgehead atoms. The Bertz CT molecular complexity index is 678. The Balaban J connectivity index is 2.19. The van der Waals surface area contributed by atoms with Gasteiger partial charge < -0.3 is 10.1 Å². The van der Waals surface area contributed by atoms with Crippen LogP contribution in [0.2, 0.25) is 0 Å². The molecule has 0 aromatic heterocycles. The number of para-hydroxylation sites is 1. The Labute approximate surface area is 124 Å². The summed E-state index contributed by atoms with van der Waals surface area (Å²) in [6.45, 7) is 1.11. The van der Waals surface area contributed by atoms with Crippen molar-refractivity contribution < 1.29 is 4.74 Å². The van der Waals surface area contributed by atoms with E-state index in [-0.39, 0.29) is 0 Å². The van der Waals surface area contributed by atoms with Crippen LogP contribution in [0.25, 0.3) is 0 Å². The van der Waals surface area contributed by atoms with Gasteiger partial charge in [0.25, 0.3) is 0 Å². The Morgan fingerprint density at radius 1 is 1.00 bits per heavy atom. The molecule has 2 aromatic rings. The van der Waals surface area contributed by atoms with Gasteiger partial charge in [-0.05, 0) is 23.3 Å². The van der Waals surface area contributed by atoms with Gasteiger partial charge in [0.05, 0.1) is 23.4 Å². The van der Waals surface area contributed by atoms with E-state index in [2.05, 4.69) is 17.5 Å². The molecular weight excluding hydrogens is 262 g/mol. The summed E-state index contributed by atoms with van der Waals surface area (Å²) in [4.78, 5) is 0. The zero-order chi connectivity index (χ0) is 15.1. The van der Waals surface area contributed by atoms with Gasteiger partial charge in [-0.1, -0.05) is 30.3 Å². The van der Waals surface area contributed by atoms with Gasteiger partial charge in [-0.3, -0.25) is 0 Å². The zero-order valence-corrected chi connectivity index (χ0v) is 11.8. The molecule has 0 saturated heterocycles. The van der Waals surface area contributed by atoms with Crippen molar-refractivity contribution in [1.29, 1.82) is 10.5 Å². The van der Waals surface area contributed by atoms with Crippen molar-refractivity contribution >= 4 is 5.69 Å². The lowest BCUT2D eigenvalue weighted by Crippen LogP contribution is -2.04. The molecule has 0 spiro atoms. The lowest BCUT2D eigenvalue weighted by Gasteiger charge is -2.11. The van der Waals surface area contributed by atoms with Gasteiger partial charge in [-0.15, -0.1) is 0 Å². The van der Waals surface area contributed by atoms with Crippen molar-refractivity contribution in [3.8, 4) is 12.1 Å². The molecule has 2 aromatic carbocycles. The first-order chi connectivity index (χ1) is 10.3. The predicted molar refractivity (Wildman–Crippen MR) is 80.4 cm³/mol. The monoisotopic (exact) mass is 277 g/mol. The van der Waals surface area contributed by atoms with Gasteiger partial charge in [0.15, 0.2) is 0 Å². The normalized spacial score (nSPS) is 9.67. The first-order valence-electron chi connectivity index (χ1n) is 6.52. The minimum Gasteiger partial charge on any atom is -0.380 e. The topological polar surface area (TPSA) is 68.8 Å². The van der Waals surface area contributed by atoms with E-state index in [4.69, 9.17) is 15.3 Å². The summed E-state index contributed by atoms with van der Waals surface area (Å²) in [6, 6.07) is 17.3. The van der Waals surface area contributed by atoms with Gasteiger partial charge in [-0.2, -0.15) is 10.5 Å². The number of nitriles is 2. The van der Waals surface area contributed by atoms with Crippen molar-refractivity contribution in [2.24, 2.45) is 0 Å². The molecule has 4 nitrogen and oxygen atoms in total. The van der Waals surface area contributed by atoms with Crippen LogP contribution in [-0.4, -0.2) is 7.11 Å². The fourth-order valence-corrected chi connectivity index (χ4v) is 2.12. The maximum Gasteiger partial charge on any atom is 0.101 e. The molecule has 0 amide bonds. The molecule has 21 heavy (non-hydrogen) atoms. The van der Waals surface area contributed by atoms with E-state index >= 15 is 0 Å². The van der Waals surface area contributed by atoms with Gasteiger partial charge in [0, 0.05) is 13.7 Å². The molecule has 0 aliphatic heterocycles. The van der Waals surface area contributed by atoms with Crippen LogP contribution in [0.15, 0.2) is 42.5 Å². The first-order valence-corrected chi connectivity index (χ1v) is 6.52. The van der Waals surface area contributed by atoms with Crippen LogP contribution in [0, 0.1) is 22.7 Å². The molecule has 0 unspecified atom stereocenters. The van der Waals surface area contributed by atoms with Crippen LogP contribution in [0.5, 0.6) is 0 Å². The molecule has 0 radical (unpaired) electrons. The maximum atomic E-state index is 9.13. The van der Waals surface area contributed by atoms with Crippen molar-refractivity contribution in [3.63, 3.8) is 0 Å². The standard InChI is InChI=1S/C17H15N3O/c1-21-12-14-5-2-4-13(8-14)11-20-17-15(9-18)6-3-7-16(17)10-19/h2-8,20H,11-12H2,1H3. The van der Waals surface area contributed by atoms with Crippen LogP contribution >= 0.6 is 0 Å². The van der Waals surface area contributed by atoms with E-state index in [0.29, 0.717) is 30.0 Å². The van der Waals surface area contributed by atoms with Crippen molar-refractivity contribution in [1.82, 2.24) is 0 Å². The molecule has 2 rings (SSSR count). The Kier molecular flexibility index (Phi) is 4.93. The second kappa shape index (κ2) is 7.09. The Hall–Kier alpha value is -2.82. The van der Waals surface area contributed by atoms with Crippen molar-refractivity contribution in [2.45, 2.75) is 13.2 Å². The molecule has 0 aliphatic rings. The van der Waals surface area contributed by atoms with Crippen LogP contribution < -0.4 is 5.32 Å². The third-order valence-corrected chi connectivity index (χ3v) is 3.08. The highest BCUT2D eigenvalue weighted by Crippen LogP contribution is 2.21. The number of rotatable bonds is 5. The largest absolute Gasteiger partial charge is 0.380 e. The second-order valence-electron chi connectivity index (χ2n) is 4.56. The summed E-state index contributed by atoms with van der Waals surface area (Å²) in [5.41, 5.74) is 3.69. The molecule has 0 heterocycles. The van der Waals surface area contributed by atoms with Crippen molar-refractivity contribution in [2.75, 3.05) is 12.4 Å². The van der Waals surface area contributed by atoms with Crippen molar-refractivity contribution in [3.05, 3.63) is 64.7 Å². The number of benzene rings is 2. The lowest BCUT2D eigenvalue weighted by molar-refractivity contribution is 0.185. The summed E-state index contributed by atoms with van der Waals surface area (Å²) < 4.78 is 5.11. The quantitative estimate of drug-likeness (QED) is 0.911. The van der Waals surface area contributed by atoms with E-state index < -0.39 is 0 Å². The second-order valence-corrected chi connectivity index (χ2v) is 4.56. The number of nitrogens with one attached hydrogen (secondary N) is 1. The first kappa shape index (κ1) is 14.6. The van der Waals surface area contributed by atoms with Crippen LogP contribution in [-0.2, 0) is 17.9 Å². The summed E-state index contributed by atoms with van der Waals surface area (Å²) in [5.74, 6) is 0. The summed E-state index contributed by atoms with van der Waals surface area (Å²) >= 11 is 0. The SMILES string of the molecule is COCc1cccc(CNc2c(C#N)cccc2C#N)c1. The van der Waals surface area contributed by atoms with Gasteiger partial charge >= 0.3 is 0 Å².